The average Bonchev–Trinajstić information content (AvgIpc) is 2.39. The van der Waals surface area contributed by atoms with Gasteiger partial charge in [0.05, 0.1) is 23.8 Å². The van der Waals surface area contributed by atoms with Crippen molar-refractivity contribution in [2.45, 2.75) is 39.7 Å². The zero-order chi connectivity index (χ0) is 14.3. The highest BCUT2D eigenvalue weighted by molar-refractivity contribution is 5.93. The van der Waals surface area contributed by atoms with E-state index in [2.05, 4.69) is 0 Å². The van der Waals surface area contributed by atoms with Crippen LogP contribution < -0.4 is 0 Å². The maximum Gasteiger partial charge on any atom is 0.338 e. The molecule has 1 atom stereocenters. The number of carbonyl (C=O) groups excluding carboxylic acids is 2. The van der Waals surface area contributed by atoms with Gasteiger partial charge in [-0.3, -0.25) is 0 Å². The van der Waals surface area contributed by atoms with E-state index in [-0.39, 0.29) is 18.0 Å². The van der Waals surface area contributed by atoms with Crippen molar-refractivity contribution in [1.29, 1.82) is 0 Å². The van der Waals surface area contributed by atoms with Gasteiger partial charge in [0.15, 0.2) is 0 Å². The van der Waals surface area contributed by atoms with Gasteiger partial charge in [-0.15, -0.1) is 0 Å². The lowest BCUT2D eigenvalue weighted by Crippen LogP contribution is -2.15. The van der Waals surface area contributed by atoms with E-state index in [1.165, 1.54) is 0 Å². The van der Waals surface area contributed by atoms with E-state index >= 15 is 0 Å². The number of ether oxygens (including phenoxy) is 2. The average molecular weight is 264 g/mol. The molecule has 0 saturated carbocycles. The molecule has 1 aromatic carbocycles. The van der Waals surface area contributed by atoms with Crippen molar-refractivity contribution >= 4 is 11.9 Å². The molecule has 1 rings (SSSR count). The lowest BCUT2D eigenvalue weighted by atomic mass is 10.1. The summed E-state index contributed by atoms with van der Waals surface area (Å²) in [4.78, 5) is 23.2. The summed E-state index contributed by atoms with van der Waals surface area (Å²) < 4.78 is 10.1. The fraction of sp³-hybridized carbons (Fsp3) is 0.467. The standard InChI is InChI=1S/C15H20O4/c1-4-6-11(3)19-15(17)13-9-7-12(8-10-13)14(16)18-5-2/h7-11H,4-6H2,1-3H3. The lowest BCUT2D eigenvalue weighted by molar-refractivity contribution is 0.0322. The molecule has 0 bridgehead atoms. The number of benzene rings is 1. The number of esters is 2. The SMILES string of the molecule is CCCC(C)OC(=O)c1ccc(C(=O)OCC)cc1. The van der Waals surface area contributed by atoms with E-state index in [4.69, 9.17) is 9.47 Å². The van der Waals surface area contributed by atoms with Crippen molar-refractivity contribution in [3.63, 3.8) is 0 Å². The maximum atomic E-state index is 11.8. The summed E-state index contributed by atoms with van der Waals surface area (Å²) >= 11 is 0. The molecule has 0 spiro atoms. The third kappa shape index (κ3) is 4.73. The van der Waals surface area contributed by atoms with Crippen LogP contribution in [-0.4, -0.2) is 24.6 Å². The molecule has 0 aliphatic rings. The highest BCUT2D eigenvalue weighted by Crippen LogP contribution is 2.10. The summed E-state index contributed by atoms with van der Waals surface area (Å²) in [5, 5.41) is 0. The molecule has 19 heavy (non-hydrogen) atoms. The Hall–Kier alpha value is -1.84. The quantitative estimate of drug-likeness (QED) is 0.740. The van der Waals surface area contributed by atoms with Gasteiger partial charge >= 0.3 is 11.9 Å². The first-order chi connectivity index (χ1) is 9.08. The first kappa shape index (κ1) is 15.2. The summed E-state index contributed by atoms with van der Waals surface area (Å²) in [5.74, 6) is -0.752. The Morgan fingerprint density at radius 3 is 2.05 bits per heavy atom. The van der Waals surface area contributed by atoms with Gasteiger partial charge in [-0.1, -0.05) is 13.3 Å². The molecule has 0 aromatic heterocycles. The number of carbonyl (C=O) groups is 2. The van der Waals surface area contributed by atoms with Gasteiger partial charge in [-0.05, 0) is 44.5 Å². The molecule has 0 saturated heterocycles. The summed E-state index contributed by atoms with van der Waals surface area (Å²) in [5.41, 5.74) is 0.871. The second-order valence-corrected chi connectivity index (χ2v) is 4.30. The number of hydrogen-bond donors (Lipinski definition) is 0. The highest BCUT2D eigenvalue weighted by Gasteiger charge is 2.13. The van der Waals surface area contributed by atoms with Crippen LogP contribution in [0.25, 0.3) is 0 Å². The molecule has 104 valence electrons. The molecule has 0 aliphatic carbocycles. The van der Waals surface area contributed by atoms with Crippen LogP contribution in [0.1, 0.15) is 54.3 Å². The Labute approximate surface area is 113 Å². The van der Waals surface area contributed by atoms with Crippen LogP contribution in [0.3, 0.4) is 0 Å². The molecule has 1 aromatic rings. The zero-order valence-corrected chi connectivity index (χ0v) is 11.6. The van der Waals surface area contributed by atoms with Crippen molar-refractivity contribution < 1.29 is 19.1 Å². The largest absolute Gasteiger partial charge is 0.462 e. The Morgan fingerprint density at radius 2 is 1.58 bits per heavy atom. The van der Waals surface area contributed by atoms with Gasteiger partial charge in [-0.25, -0.2) is 9.59 Å². The van der Waals surface area contributed by atoms with Crippen LogP contribution >= 0.6 is 0 Å². The maximum absolute atomic E-state index is 11.8. The van der Waals surface area contributed by atoms with Gasteiger partial charge in [-0.2, -0.15) is 0 Å². The normalized spacial score (nSPS) is 11.7. The van der Waals surface area contributed by atoms with Crippen LogP contribution in [-0.2, 0) is 9.47 Å². The minimum absolute atomic E-state index is 0.0952. The van der Waals surface area contributed by atoms with E-state index in [1.54, 1.807) is 31.2 Å². The summed E-state index contributed by atoms with van der Waals surface area (Å²) in [6.45, 7) is 5.99. The molecule has 0 heterocycles. The third-order valence-electron chi connectivity index (χ3n) is 2.64. The molecule has 0 N–H and O–H groups in total. The summed E-state index contributed by atoms with van der Waals surface area (Å²) in [6.07, 6.45) is 1.71. The Bertz CT molecular complexity index is 422. The van der Waals surface area contributed by atoms with Crippen LogP contribution in [0.4, 0.5) is 0 Å². The van der Waals surface area contributed by atoms with Crippen molar-refractivity contribution in [2.75, 3.05) is 6.61 Å². The van der Waals surface area contributed by atoms with Crippen molar-refractivity contribution in [1.82, 2.24) is 0 Å². The fourth-order valence-electron chi connectivity index (χ4n) is 1.67. The van der Waals surface area contributed by atoms with E-state index in [9.17, 15) is 9.59 Å². The fourth-order valence-corrected chi connectivity index (χ4v) is 1.67. The predicted octanol–water partition coefficient (Wildman–Crippen LogP) is 3.21. The van der Waals surface area contributed by atoms with Crippen molar-refractivity contribution in [2.24, 2.45) is 0 Å². The van der Waals surface area contributed by atoms with Crippen LogP contribution in [0.5, 0.6) is 0 Å². The second-order valence-electron chi connectivity index (χ2n) is 4.30. The molecule has 0 aliphatic heterocycles. The molecule has 0 radical (unpaired) electrons. The van der Waals surface area contributed by atoms with Gasteiger partial charge in [0, 0.05) is 0 Å². The van der Waals surface area contributed by atoms with Crippen LogP contribution in [0.2, 0.25) is 0 Å². The Balaban J connectivity index is 2.65. The van der Waals surface area contributed by atoms with E-state index in [1.807, 2.05) is 13.8 Å². The first-order valence-electron chi connectivity index (χ1n) is 6.56. The number of rotatable bonds is 6. The number of hydrogen-bond acceptors (Lipinski definition) is 4. The van der Waals surface area contributed by atoms with Crippen LogP contribution in [0.15, 0.2) is 24.3 Å². The highest BCUT2D eigenvalue weighted by atomic mass is 16.5. The van der Waals surface area contributed by atoms with Gasteiger partial charge in [0.2, 0.25) is 0 Å². The van der Waals surface area contributed by atoms with Gasteiger partial charge < -0.3 is 9.47 Å². The minimum Gasteiger partial charge on any atom is -0.462 e. The van der Waals surface area contributed by atoms with Gasteiger partial charge in [0.25, 0.3) is 0 Å². The van der Waals surface area contributed by atoms with Crippen molar-refractivity contribution in [3.05, 3.63) is 35.4 Å². The van der Waals surface area contributed by atoms with Crippen LogP contribution in [0, 0.1) is 0 Å². The minimum atomic E-state index is -0.387. The van der Waals surface area contributed by atoms with E-state index in [0.29, 0.717) is 17.7 Å². The van der Waals surface area contributed by atoms with Crippen molar-refractivity contribution in [3.8, 4) is 0 Å². The molecule has 1 unspecified atom stereocenters. The van der Waals surface area contributed by atoms with E-state index in [0.717, 1.165) is 12.8 Å². The van der Waals surface area contributed by atoms with E-state index < -0.39 is 0 Å². The molecule has 4 heteroatoms. The second kappa shape index (κ2) is 7.56. The zero-order valence-electron chi connectivity index (χ0n) is 11.6. The molecule has 4 nitrogen and oxygen atoms in total. The van der Waals surface area contributed by atoms with Gasteiger partial charge in [0.1, 0.15) is 0 Å². The lowest BCUT2D eigenvalue weighted by Gasteiger charge is -2.12. The monoisotopic (exact) mass is 264 g/mol. The first-order valence-corrected chi connectivity index (χ1v) is 6.56. The summed E-state index contributed by atoms with van der Waals surface area (Å²) in [6, 6.07) is 6.29. The molecular weight excluding hydrogens is 244 g/mol. The summed E-state index contributed by atoms with van der Waals surface area (Å²) in [7, 11) is 0. The topological polar surface area (TPSA) is 52.6 Å². The predicted molar refractivity (Wildman–Crippen MR) is 72.2 cm³/mol. The smallest absolute Gasteiger partial charge is 0.338 e. The molecule has 0 amide bonds. The third-order valence-corrected chi connectivity index (χ3v) is 2.64. The Morgan fingerprint density at radius 1 is 1.05 bits per heavy atom. The molecule has 0 fully saturated rings. The Kier molecular flexibility index (Phi) is 6.06. The molecular formula is C15H20O4.